The van der Waals surface area contributed by atoms with Gasteiger partial charge in [-0.3, -0.25) is 14.4 Å². The minimum absolute atomic E-state index is 0.218. The summed E-state index contributed by atoms with van der Waals surface area (Å²) in [6.45, 7) is 4.53. The molecule has 3 amide bonds. The Labute approximate surface area is 180 Å². The summed E-state index contributed by atoms with van der Waals surface area (Å²) in [5, 5.41) is 8.96. The molecule has 0 fully saturated rings. The van der Waals surface area contributed by atoms with E-state index < -0.39 is 11.8 Å². The normalized spacial score (nSPS) is 10.4. The second-order valence-electron chi connectivity index (χ2n) is 6.29. The molecule has 0 aromatic heterocycles. The van der Waals surface area contributed by atoms with E-state index in [1.807, 2.05) is 13.8 Å². The quantitative estimate of drug-likeness (QED) is 0.305. The van der Waals surface area contributed by atoms with Gasteiger partial charge in [0.05, 0.1) is 12.8 Å². The Morgan fingerprint density at radius 2 is 1.71 bits per heavy atom. The highest BCUT2D eigenvalue weighted by molar-refractivity contribution is 6.35. The fourth-order valence-electron chi connectivity index (χ4n) is 2.39. The molecule has 0 radical (unpaired) electrons. The SMILES string of the molecule is CCCNC(=O)C(=O)N/N=C\c1ccccc1OCC(=O)Nc1ccc(OCC)cc1. The van der Waals surface area contributed by atoms with Crippen molar-refractivity contribution in [3.05, 3.63) is 54.1 Å². The number of hydrazone groups is 1. The molecule has 0 aliphatic heterocycles. The van der Waals surface area contributed by atoms with Crippen molar-refractivity contribution < 1.29 is 23.9 Å². The van der Waals surface area contributed by atoms with E-state index in [-0.39, 0.29) is 12.5 Å². The molecule has 0 aliphatic rings. The summed E-state index contributed by atoms with van der Waals surface area (Å²) in [6.07, 6.45) is 2.06. The first kappa shape index (κ1) is 23.4. The Balaban J connectivity index is 1.87. The molecule has 31 heavy (non-hydrogen) atoms. The van der Waals surface area contributed by atoms with Crippen LogP contribution >= 0.6 is 0 Å². The number of carbonyl (C=O) groups excluding carboxylic acids is 3. The fraction of sp³-hybridized carbons (Fsp3) is 0.273. The topological polar surface area (TPSA) is 118 Å². The third kappa shape index (κ3) is 8.17. The number of para-hydroxylation sites is 1. The number of hydrogen-bond donors (Lipinski definition) is 3. The van der Waals surface area contributed by atoms with E-state index in [1.165, 1.54) is 6.21 Å². The lowest BCUT2D eigenvalue weighted by Gasteiger charge is -2.10. The molecule has 3 N–H and O–H groups in total. The number of nitrogens with one attached hydrogen (secondary N) is 3. The van der Waals surface area contributed by atoms with Crippen LogP contribution in [0, 0.1) is 0 Å². The van der Waals surface area contributed by atoms with Gasteiger partial charge in [0.25, 0.3) is 5.91 Å². The standard InChI is InChI=1S/C22H26N4O5/c1-3-13-23-21(28)22(29)26-24-14-16-7-5-6-8-19(16)31-15-20(27)25-17-9-11-18(12-10-17)30-4-2/h5-12,14H,3-4,13,15H2,1-2H3,(H,23,28)(H,25,27)(H,26,29)/b24-14-. The third-order valence-corrected chi connectivity index (χ3v) is 3.84. The Morgan fingerprint density at radius 1 is 0.968 bits per heavy atom. The van der Waals surface area contributed by atoms with Crippen molar-refractivity contribution in [3.63, 3.8) is 0 Å². The number of nitrogens with zero attached hydrogens (tertiary/aromatic N) is 1. The fourth-order valence-corrected chi connectivity index (χ4v) is 2.39. The summed E-state index contributed by atoms with van der Waals surface area (Å²) >= 11 is 0. The largest absolute Gasteiger partial charge is 0.494 e. The van der Waals surface area contributed by atoms with Crippen LogP contribution in [0.15, 0.2) is 53.6 Å². The first-order valence-electron chi connectivity index (χ1n) is 9.89. The van der Waals surface area contributed by atoms with Gasteiger partial charge in [0, 0.05) is 17.8 Å². The molecule has 0 atom stereocenters. The molecule has 0 saturated carbocycles. The maximum Gasteiger partial charge on any atom is 0.329 e. The van der Waals surface area contributed by atoms with Gasteiger partial charge < -0.3 is 20.1 Å². The number of anilines is 1. The molecule has 0 aliphatic carbocycles. The molecular formula is C22H26N4O5. The van der Waals surface area contributed by atoms with Crippen LogP contribution in [0.3, 0.4) is 0 Å². The Hall–Kier alpha value is -3.88. The maximum absolute atomic E-state index is 12.2. The summed E-state index contributed by atoms with van der Waals surface area (Å²) in [5.74, 6) is -0.832. The molecule has 2 aromatic carbocycles. The maximum atomic E-state index is 12.2. The van der Waals surface area contributed by atoms with E-state index in [1.54, 1.807) is 48.5 Å². The van der Waals surface area contributed by atoms with E-state index in [4.69, 9.17) is 9.47 Å². The van der Waals surface area contributed by atoms with E-state index in [2.05, 4.69) is 21.2 Å². The van der Waals surface area contributed by atoms with Gasteiger partial charge in [-0.1, -0.05) is 19.1 Å². The molecule has 0 heterocycles. The summed E-state index contributed by atoms with van der Waals surface area (Å²) in [4.78, 5) is 35.3. The van der Waals surface area contributed by atoms with E-state index in [9.17, 15) is 14.4 Å². The summed E-state index contributed by atoms with van der Waals surface area (Å²) < 4.78 is 10.9. The van der Waals surface area contributed by atoms with Crippen molar-refractivity contribution in [1.29, 1.82) is 0 Å². The van der Waals surface area contributed by atoms with Crippen LogP contribution < -0.4 is 25.5 Å². The Bertz CT molecular complexity index is 912. The van der Waals surface area contributed by atoms with E-state index in [0.29, 0.717) is 30.2 Å². The number of rotatable bonds is 10. The molecule has 0 spiro atoms. The first-order chi connectivity index (χ1) is 15.0. The third-order valence-electron chi connectivity index (χ3n) is 3.84. The van der Waals surface area contributed by atoms with Gasteiger partial charge in [0.2, 0.25) is 0 Å². The zero-order valence-electron chi connectivity index (χ0n) is 17.5. The molecule has 2 aromatic rings. The monoisotopic (exact) mass is 426 g/mol. The summed E-state index contributed by atoms with van der Waals surface area (Å²) in [5.41, 5.74) is 3.31. The predicted octanol–water partition coefficient (Wildman–Crippen LogP) is 2.08. The van der Waals surface area contributed by atoms with Crippen LogP contribution in [0.2, 0.25) is 0 Å². The number of hydrogen-bond acceptors (Lipinski definition) is 6. The van der Waals surface area contributed by atoms with Gasteiger partial charge >= 0.3 is 11.8 Å². The smallest absolute Gasteiger partial charge is 0.329 e. The molecule has 0 unspecified atom stereocenters. The number of ether oxygens (including phenoxy) is 2. The summed E-state index contributed by atoms with van der Waals surface area (Å²) in [7, 11) is 0. The number of amides is 3. The predicted molar refractivity (Wildman–Crippen MR) is 117 cm³/mol. The lowest BCUT2D eigenvalue weighted by atomic mass is 10.2. The van der Waals surface area contributed by atoms with Crippen molar-refractivity contribution in [2.24, 2.45) is 5.10 Å². The average Bonchev–Trinajstić information content (AvgIpc) is 2.78. The molecule has 9 nitrogen and oxygen atoms in total. The minimum Gasteiger partial charge on any atom is -0.494 e. The molecular weight excluding hydrogens is 400 g/mol. The molecule has 9 heteroatoms. The highest BCUT2D eigenvalue weighted by atomic mass is 16.5. The average molecular weight is 426 g/mol. The highest BCUT2D eigenvalue weighted by Crippen LogP contribution is 2.17. The van der Waals surface area contributed by atoms with Crippen molar-refractivity contribution in [2.45, 2.75) is 20.3 Å². The van der Waals surface area contributed by atoms with Crippen LogP contribution in [0.4, 0.5) is 5.69 Å². The van der Waals surface area contributed by atoms with Crippen molar-refractivity contribution >= 4 is 29.6 Å². The zero-order chi connectivity index (χ0) is 22.5. The van der Waals surface area contributed by atoms with Crippen LogP contribution in [-0.4, -0.2) is 43.7 Å². The van der Waals surface area contributed by atoms with E-state index in [0.717, 1.165) is 12.2 Å². The lowest BCUT2D eigenvalue weighted by molar-refractivity contribution is -0.139. The first-order valence-corrected chi connectivity index (χ1v) is 9.89. The molecule has 0 bridgehead atoms. The number of carbonyl (C=O) groups is 3. The molecule has 2 rings (SSSR count). The summed E-state index contributed by atoms with van der Waals surface area (Å²) in [6, 6.07) is 13.9. The van der Waals surface area contributed by atoms with E-state index >= 15 is 0 Å². The lowest BCUT2D eigenvalue weighted by Crippen LogP contribution is -2.38. The highest BCUT2D eigenvalue weighted by Gasteiger charge is 2.11. The minimum atomic E-state index is -0.863. The van der Waals surface area contributed by atoms with Gasteiger partial charge in [0.15, 0.2) is 6.61 Å². The van der Waals surface area contributed by atoms with Crippen molar-refractivity contribution in [1.82, 2.24) is 10.7 Å². The van der Waals surface area contributed by atoms with Crippen molar-refractivity contribution in [3.8, 4) is 11.5 Å². The van der Waals surface area contributed by atoms with Gasteiger partial charge in [-0.2, -0.15) is 5.10 Å². The van der Waals surface area contributed by atoms with Gasteiger partial charge in [0.1, 0.15) is 11.5 Å². The van der Waals surface area contributed by atoms with Gasteiger partial charge in [-0.05, 0) is 49.7 Å². The molecule has 164 valence electrons. The Morgan fingerprint density at radius 3 is 2.42 bits per heavy atom. The van der Waals surface area contributed by atoms with Gasteiger partial charge in [-0.15, -0.1) is 0 Å². The van der Waals surface area contributed by atoms with Crippen molar-refractivity contribution in [2.75, 3.05) is 25.1 Å². The van der Waals surface area contributed by atoms with Crippen LogP contribution in [0.1, 0.15) is 25.8 Å². The zero-order valence-corrected chi connectivity index (χ0v) is 17.5. The second-order valence-corrected chi connectivity index (χ2v) is 6.29. The molecule has 0 saturated heterocycles. The second kappa shape index (κ2) is 12.6. The van der Waals surface area contributed by atoms with Crippen LogP contribution in [0.25, 0.3) is 0 Å². The van der Waals surface area contributed by atoms with Crippen LogP contribution in [0.5, 0.6) is 11.5 Å². The number of benzene rings is 2. The Kier molecular flexibility index (Phi) is 9.54. The van der Waals surface area contributed by atoms with Crippen LogP contribution in [-0.2, 0) is 14.4 Å². The van der Waals surface area contributed by atoms with Gasteiger partial charge in [-0.25, -0.2) is 5.43 Å².